The highest BCUT2D eigenvalue weighted by molar-refractivity contribution is 6.35. The standard InChI is InChI=1S/C22H26ClN5O2/c1-13(16-11-15-7-6-8-17(23)19(15)27-20(16)30)25-21-24-10-9-18(26-21)28(14(2)29)12-22(3,4)5/h6-11,13H,12H2,1-5H3,(H,27,30)(H,24,25,26)/t13-/m0/s1. The molecule has 0 saturated heterocycles. The van der Waals surface area contributed by atoms with Gasteiger partial charge in [0.2, 0.25) is 11.9 Å². The third-order valence-corrected chi connectivity index (χ3v) is 4.91. The molecule has 3 aromatic rings. The van der Waals surface area contributed by atoms with Gasteiger partial charge in [-0.25, -0.2) is 4.98 Å². The fourth-order valence-electron chi connectivity index (χ4n) is 3.20. The van der Waals surface area contributed by atoms with Gasteiger partial charge in [-0.3, -0.25) is 14.5 Å². The van der Waals surface area contributed by atoms with E-state index in [9.17, 15) is 9.59 Å². The van der Waals surface area contributed by atoms with Crippen molar-refractivity contribution < 1.29 is 4.79 Å². The number of anilines is 2. The summed E-state index contributed by atoms with van der Waals surface area (Å²) in [5.41, 5.74) is 0.830. The molecule has 2 heterocycles. The third-order valence-electron chi connectivity index (χ3n) is 4.60. The van der Waals surface area contributed by atoms with Gasteiger partial charge in [0.1, 0.15) is 5.82 Å². The number of aromatic amines is 1. The number of rotatable bonds is 5. The van der Waals surface area contributed by atoms with Gasteiger partial charge in [0.15, 0.2) is 0 Å². The van der Waals surface area contributed by atoms with E-state index < -0.39 is 0 Å². The number of para-hydroxylation sites is 1. The number of nitrogens with one attached hydrogen (secondary N) is 2. The van der Waals surface area contributed by atoms with Crippen molar-refractivity contribution in [2.45, 2.75) is 40.7 Å². The van der Waals surface area contributed by atoms with Crippen LogP contribution in [-0.2, 0) is 4.79 Å². The fourth-order valence-corrected chi connectivity index (χ4v) is 3.43. The Labute approximate surface area is 180 Å². The van der Waals surface area contributed by atoms with E-state index in [2.05, 4.69) is 41.0 Å². The van der Waals surface area contributed by atoms with Gasteiger partial charge in [0.05, 0.1) is 16.6 Å². The molecule has 30 heavy (non-hydrogen) atoms. The molecule has 0 unspecified atom stereocenters. The van der Waals surface area contributed by atoms with E-state index in [1.807, 2.05) is 25.1 Å². The van der Waals surface area contributed by atoms with Gasteiger partial charge in [0, 0.05) is 30.6 Å². The molecule has 0 saturated carbocycles. The SMILES string of the molecule is CC(=O)N(CC(C)(C)C)c1ccnc(N[C@@H](C)c2cc3cccc(Cl)c3[nH]c2=O)n1. The number of carbonyl (C=O) groups excluding carboxylic acids is 1. The number of hydrogen-bond acceptors (Lipinski definition) is 5. The maximum Gasteiger partial charge on any atom is 0.253 e. The molecule has 0 aliphatic carbocycles. The highest BCUT2D eigenvalue weighted by Crippen LogP contribution is 2.24. The van der Waals surface area contributed by atoms with Crippen LogP contribution in [0.4, 0.5) is 11.8 Å². The van der Waals surface area contributed by atoms with Crippen LogP contribution in [0.3, 0.4) is 0 Å². The Kier molecular flexibility index (Phi) is 6.12. The predicted octanol–water partition coefficient (Wildman–Crippen LogP) is 4.54. The summed E-state index contributed by atoms with van der Waals surface area (Å²) in [7, 11) is 0. The van der Waals surface area contributed by atoms with Crippen LogP contribution < -0.4 is 15.8 Å². The van der Waals surface area contributed by atoms with E-state index >= 15 is 0 Å². The van der Waals surface area contributed by atoms with Gasteiger partial charge >= 0.3 is 0 Å². The van der Waals surface area contributed by atoms with E-state index in [0.29, 0.717) is 34.4 Å². The van der Waals surface area contributed by atoms with Crippen LogP contribution >= 0.6 is 11.6 Å². The van der Waals surface area contributed by atoms with E-state index in [4.69, 9.17) is 11.6 Å². The first-order valence-electron chi connectivity index (χ1n) is 9.74. The van der Waals surface area contributed by atoms with E-state index in [0.717, 1.165) is 5.39 Å². The Balaban J connectivity index is 1.89. The average molecular weight is 428 g/mol. The topological polar surface area (TPSA) is 91.0 Å². The molecular formula is C22H26ClN5O2. The lowest BCUT2D eigenvalue weighted by Gasteiger charge is -2.28. The Morgan fingerprint density at radius 3 is 2.70 bits per heavy atom. The molecule has 0 radical (unpaired) electrons. The molecule has 158 valence electrons. The molecule has 7 nitrogen and oxygen atoms in total. The molecule has 1 aromatic carbocycles. The van der Waals surface area contributed by atoms with Gasteiger partial charge in [0.25, 0.3) is 5.56 Å². The van der Waals surface area contributed by atoms with Crippen LogP contribution in [0.2, 0.25) is 5.02 Å². The van der Waals surface area contributed by atoms with Gasteiger partial charge in [-0.1, -0.05) is 44.5 Å². The monoisotopic (exact) mass is 427 g/mol. The van der Waals surface area contributed by atoms with Crippen molar-refractivity contribution in [1.82, 2.24) is 15.0 Å². The smallest absolute Gasteiger partial charge is 0.253 e. The highest BCUT2D eigenvalue weighted by atomic mass is 35.5. The molecule has 2 aromatic heterocycles. The number of H-pyrrole nitrogens is 1. The lowest BCUT2D eigenvalue weighted by Crippen LogP contribution is -2.37. The van der Waals surface area contributed by atoms with Gasteiger partial charge < -0.3 is 10.3 Å². The van der Waals surface area contributed by atoms with Crippen molar-refractivity contribution in [3.05, 3.63) is 57.5 Å². The zero-order valence-corrected chi connectivity index (χ0v) is 18.5. The number of carbonyl (C=O) groups is 1. The van der Waals surface area contributed by atoms with E-state index in [-0.39, 0.29) is 22.9 Å². The minimum Gasteiger partial charge on any atom is -0.347 e. The second kappa shape index (κ2) is 8.44. The number of nitrogens with zero attached hydrogens (tertiary/aromatic N) is 3. The number of fused-ring (bicyclic) bond motifs is 1. The van der Waals surface area contributed by atoms with Crippen molar-refractivity contribution in [2.75, 3.05) is 16.8 Å². The number of halogens is 1. The minimum atomic E-state index is -0.360. The largest absolute Gasteiger partial charge is 0.347 e. The Hall–Kier alpha value is -2.93. The number of hydrogen-bond donors (Lipinski definition) is 2. The second-order valence-electron chi connectivity index (χ2n) is 8.53. The molecule has 0 spiro atoms. The Bertz CT molecular complexity index is 1140. The maximum absolute atomic E-state index is 12.6. The van der Waals surface area contributed by atoms with Crippen molar-refractivity contribution in [2.24, 2.45) is 5.41 Å². The van der Waals surface area contributed by atoms with Gasteiger partial charge in [-0.05, 0) is 30.5 Å². The molecular weight excluding hydrogens is 402 g/mol. The van der Waals surface area contributed by atoms with Crippen LogP contribution in [0.1, 0.15) is 46.2 Å². The first-order chi connectivity index (χ1) is 14.0. The zero-order valence-electron chi connectivity index (χ0n) is 17.8. The Morgan fingerprint density at radius 1 is 1.30 bits per heavy atom. The first kappa shape index (κ1) is 21.8. The number of benzene rings is 1. The number of amides is 1. The fraction of sp³-hybridized carbons (Fsp3) is 0.364. The summed E-state index contributed by atoms with van der Waals surface area (Å²) in [6.07, 6.45) is 1.60. The van der Waals surface area contributed by atoms with Gasteiger partial charge in [-0.15, -0.1) is 0 Å². The number of aromatic nitrogens is 3. The van der Waals surface area contributed by atoms with E-state index in [1.165, 1.54) is 6.92 Å². The maximum atomic E-state index is 12.6. The van der Waals surface area contributed by atoms with Crippen LogP contribution in [0.15, 0.2) is 41.3 Å². The molecule has 3 rings (SSSR count). The molecule has 1 amide bonds. The lowest BCUT2D eigenvalue weighted by atomic mass is 9.96. The molecule has 2 N–H and O–H groups in total. The van der Waals surface area contributed by atoms with Crippen molar-refractivity contribution in [3.63, 3.8) is 0 Å². The summed E-state index contributed by atoms with van der Waals surface area (Å²) >= 11 is 6.17. The molecule has 1 atom stereocenters. The molecule has 0 fully saturated rings. The van der Waals surface area contributed by atoms with Crippen LogP contribution in [0, 0.1) is 5.41 Å². The summed E-state index contributed by atoms with van der Waals surface area (Å²) in [6.45, 7) is 10.1. The van der Waals surface area contributed by atoms with Crippen molar-refractivity contribution in [3.8, 4) is 0 Å². The highest BCUT2D eigenvalue weighted by Gasteiger charge is 2.22. The van der Waals surface area contributed by atoms with Crippen LogP contribution in [-0.4, -0.2) is 27.4 Å². The summed E-state index contributed by atoms with van der Waals surface area (Å²) in [5.74, 6) is 0.762. The van der Waals surface area contributed by atoms with Crippen LogP contribution in [0.5, 0.6) is 0 Å². The Morgan fingerprint density at radius 2 is 2.03 bits per heavy atom. The van der Waals surface area contributed by atoms with Crippen LogP contribution in [0.25, 0.3) is 10.9 Å². The average Bonchev–Trinajstić information content (AvgIpc) is 2.65. The summed E-state index contributed by atoms with van der Waals surface area (Å²) in [4.78, 5) is 38.0. The van der Waals surface area contributed by atoms with Crippen molar-refractivity contribution >= 4 is 40.2 Å². The second-order valence-corrected chi connectivity index (χ2v) is 8.94. The first-order valence-corrected chi connectivity index (χ1v) is 10.1. The predicted molar refractivity (Wildman–Crippen MR) is 121 cm³/mol. The molecule has 8 heteroatoms. The van der Waals surface area contributed by atoms with Crippen molar-refractivity contribution in [1.29, 1.82) is 0 Å². The third kappa shape index (κ3) is 4.97. The minimum absolute atomic E-state index is 0.0861. The van der Waals surface area contributed by atoms with Gasteiger partial charge in [-0.2, -0.15) is 4.98 Å². The number of pyridine rings is 1. The normalized spacial score (nSPS) is 12.6. The quantitative estimate of drug-likeness (QED) is 0.623. The lowest BCUT2D eigenvalue weighted by molar-refractivity contribution is -0.116. The van der Waals surface area contributed by atoms with E-state index in [1.54, 1.807) is 23.2 Å². The zero-order chi connectivity index (χ0) is 22.1. The molecule has 0 aliphatic rings. The molecule has 0 aliphatic heterocycles. The summed E-state index contributed by atoms with van der Waals surface area (Å²) < 4.78 is 0. The summed E-state index contributed by atoms with van der Waals surface area (Å²) in [6, 6.07) is 8.61. The summed E-state index contributed by atoms with van der Waals surface area (Å²) in [5, 5.41) is 4.50. The molecule has 0 bridgehead atoms.